The van der Waals surface area contributed by atoms with E-state index in [1.807, 2.05) is 0 Å². The van der Waals surface area contributed by atoms with Gasteiger partial charge in [-0.25, -0.2) is 4.68 Å². The van der Waals surface area contributed by atoms with Crippen molar-refractivity contribution >= 4 is 23.4 Å². The maximum Gasteiger partial charge on any atom is 0.434 e. The fraction of sp³-hybridized carbons (Fsp3) is 0.389. The molecule has 0 spiro atoms. The number of carbonyl (C=O) groups is 2. The molecule has 2 aromatic rings. The second kappa shape index (κ2) is 7.83. The molecule has 0 bridgehead atoms. The van der Waals surface area contributed by atoms with Gasteiger partial charge in [0.1, 0.15) is 0 Å². The van der Waals surface area contributed by atoms with Crippen LogP contribution in [-0.4, -0.2) is 46.6 Å². The van der Waals surface area contributed by atoms with Gasteiger partial charge in [-0.1, -0.05) is 17.7 Å². The van der Waals surface area contributed by atoms with E-state index < -0.39 is 23.3 Å². The van der Waals surface area contributed by atoms with E-state index in [0.717, 1.165) is 6.20 Å². The highest BCUT2D eigenvalue weighted by atomic mass is 35.5. The number of hydrogen-bond donors (Lipinski definition) is 1. The van der Waals surface area contributed by atoms with Crippen LogP contribution >= 0.6 is 11.6 Å². The highest BCUT2D eigenvalue weighted by Gasteiger charge is 2.42. The number of rotatable bonds is 3. The van der Waals surface area contributed by atoms with Crippen LogP contribution in [0.5, 0.6) is 0 Å². The van der Waals surface area contributed by atoms with Crippen molar-refractivity contribution in [2.24, 2.45) is 5.92 Å². The van der Waals surface area contributed by atoms with Gasteiger partial charge in [-0.15, -0.1) is 0 Å². The minimum absolute atomic E-state index is 0.109. The molecule has 1 aromatic carbocycles. The van der Waals surface area contributed by atoms with Crippen LogP contribution in [0.3, 0.4) is 0 Å². The Bertz CT molecular complexity index is 889. The van der Waals surface area contributed by atoms with Gasteiger partial charge in [-0.2, -0.15) is 18.3 Å². The number of hydrogen-bond acceptors (Lipinski definition) is 3. The number of alkyl halides is 3. The Balaban J connectivity index is 1.90. The average molecular weight is 415 g/mol. The first kappa shape index (κ1) is 20.2. The lowest BCUT2D eigenvalue weighted by molar-refractivity contribution is -0.143. The maximum atomic E-state index is 13.8. The van der Waals surface area contributed by atoms with Crippen molar-refractivity contribution in [2.45, 2.75) is 19.0 Å². The number of piperidine rings is 1. The Hall–Kier alpha value is -2.55. The lowest BCUT2D eigenvalue weighted by Crippen LogP contribution is -2.42. The molecule has 10 heteroatoms. The SMILES string of the molecule is CNC(=O)C1CCN(C(=O)c2cnn(-c3cccc(Cl)c3)c2C(F)(F)F)CC1. The van der Waals surface area contributed by atoms with Gasteiger partial charge in [0.2, 0.25) is 5.91 Å². The van der Waals surface area contributed by atoms with Gasteiger partial charge >= 0.3 is 6.18 Å². The van der Waals surface area contributed by atoms with Crippen LogP contribution in [0, 0.1) is 5.92 Å². The highest BCUT2D eigenvalue weighted by molar-refractivity contribution is 6.30. The van der Waals surface area contributed by atoms with Gasteiger partial charge in [-0.3, -0.25) is 9.59 Å². The molecule has 1 N–H and O–H groups in total. The number of nitrogens with one attached hydrogen (secondary N) is 1. The van der Waals surface area contributed by atoms with Crippen LogP contribution in [-0.2, 0) is 11.0 Å². The number of likely N-dealkylation sites (tertiary alicyclic amines) is 1. The molecule has 1 aliphatic heterocycles. The molecule has 0 radical (unpaired) electrons. The molecule has 28 heavy (non-hydrogen) atoms. The van der Waals surface area contributed by atoms with Gasteiger partial charge < -0.3 is 10.2 Å². The van der Waals surface area contributed by atoms with E-state index in [-0.39, 0.29) is 35.6 Å². The monoisotopic (exact) mass is 414 g/mol. The molecule has 0 unspecified atom stereocenters. The Morgan fingerprint density at radius 1 is 1.25 bits per heavy atom. The second-order valence-electron chi connectivity index (χ2n) is 6.48. The fourth-order valence-electron chi connectivity index (χ4n) is 3.30. The summed E-state index contributed by atoms with van der Waals surface area (Å²) < 4.78 is 41.9. The standard InChI is InChI=1S/C18H18ClF3N4O2/c1-23-16(27)11-5-7-25(8-6-11)17(28)14-10-24-26(15(14)18(20,21)22)13-4-2-3-12(19)9-13/h2-4,9-11H,5-8H2,1H3,(H,23,27). The van der Waals surface area contributed by atoms with E-state index in [1.165, 1.54) is 36.2 Å². The zero-order chi connectivity index (χ0) is 20.5. The molecular weight excluding hydrogens is 397 g/mol. The van der Waals surface area contributed by atoms with Crippen LogP contribution in [0.1, 0.15) is 28.9 Å². The van der Waals surface area contributed by atoms with Crippen LogP contribution in [0.15, 0.2) is 30.5 Å². The number of amides is 2. The quantitative estimate of drug-likeness (QED) is 0.839. The van der Waals surface area contributed by atoms with Gasteiger partial charge in [0.05, 0.1) is 17.4 Å². The summed E-state index contributed by atoms with van der Waals surface area (Å²) in [6.45, 7) is 0.410. The first-order valence-corrected chi connectivity index (χ1v) is 9.02. The van der Waals surface area contributed by atoms with Crippen molar-refractivity contribution in [1.82, 2.24) is 20.0 Å². The molecule has 6 nitrogen and oxygen atoms in total. The molecule has 1 aliphatic rings. The number of carbonyl (C=O) groups excluding carboxylic acids is 2. The fourth-order valence-corrected chi connectivity index (χ4v) is 3.49. The van der Waals surface area contributed by atoms with Crippen LogP contribution in [0.4, 0.5) is 13.2 Å². The van der Waals surface area contributed by atoms with E-state index in [1.54, 1.807) is 0 Å². The minimum Gasteiger partial charge on any atom is -0.359 e. The number of aromatic nitrogens is 2. The van der Waals surface area contributed by atoms with E-state index in [0.29, 0.717) is 17.5 Å². The highest BCUT2D eigenvalue weighted by Crippen LogP contribution is 2.35. The van der Waals surface area contributed by atoms with E-state index in [4.69, 9.17) is 11.6 Å². The molecular formula is C18H18ClF3N4O2. The third-order valence-corrected chi connectivity index (χ3v) is 4.96. The Labute approximate surface area is 164 Å². The Kier molecular flexibility index (Phi) is 5.64. The molecule has 1 saturated heterocycles. The van der Waals surface area contributed by atoms with Gasteiger partial charge in [0.25, 0.3) is 5.91 Å². The van der Waals surface area contributed by atoms with Crippen molar-refractivity contribution in [3.63, 3.8) is 0 Å². The second-order valence-corrected chi connectivity index (χ2v) is 6.91. The summed E-state index contributed by atoms with van der Waals surface area (Å²) in [4.78, 5) is 25.8. The van der Waals surface area contributed by atoms with Crippen molar-refractivity contribution in [1.29, 1.82) is 0 Å². The van der Waals surface area contributed by atoms with Gasteiger partial charge in [0.15, 0.2) is 5.69 Å². The molecule has 0 atom stereocenters. The van der Waals surface area contributed by atoms with E-state index in [9.17, 15) is 22.8 Å². The van der Waals surface area contributed by atoms with Crippen molar-refractivity contribution in [2.75, 3.05) is 20.1 Å². The first-order valence-electron chi connectivity index (χ1n) is 8.64. The normalized spacial score (nSPS) is 15.5. The summed E-state index contributed by atoms with van der Waals surface area (Å²) in [5.41, 5.74) is -1.56. The van der Waals surface area contributed by atoms with Crippen molar-refractivity contribution in [3.05, 3.63) is 46.7 Å². The smallest absolute Gasteiger partial charge is 0.359 e. The summed E-state index contributed by atoms with van der Waals surface area (Å²) in [5.74, 6) is -1.13. The van der Waals surface area contributed by atoms with E-state index >= 15 is 0 Å². The van der Waals surface area contributed by atoms with Crippen molar-refractivity contribution in [3.8, 4) is 5.69 Å². The first-order chi connectivity index (χ1) is 13.2. The molecule has 2 heterocycles. The van der Waals surface area contributed by atoms with Gasteiger partial charge in [-0.05, 0) is 31.0 Å². The molecule has 0 aliphatic carbocycles. The molecule has 1 fully saturated rings. The zero-order valence-corrected chi connectivity index (χ0v) is 15.7. The lowest BCUT2D eigenvalue weighted by Gasteiger charge is -2.31. The molecule has 1 aromatic heterocycles. The summed E-state index contributed by atoms with van der Waals surface area (Å²) in [5, 5.41) is 6.60. The molecule has 0 saturated carbocycles. The Morgan fingerprint density at radius 3 is 2.50 bits per heavy atom. The van der Waals surface area contributed by atoms with Crippen molar-refractivity contribution < 1.29 is 22.8 Å². The maximum absolute atomic E-state index is 13.8. The minimum atomic E-state index is -4.79. The van der Waals surface area contributed by atoms with Gasteiger partial charge in [0, 0.05) is 31.1 Å². The predicted octanol–water partition coefficient (Wildman–Crippen LogP) is 3.14. The Morgan fingerprint density at radius 2 is 1.93 bits per heavy atom. The topological polar surface area (TPSA) is 67.2 Å². The summed E-state index contributed by atoms with van der Waals surface area (Å²) >= 11 is 5.87. The molecule has 2 amide bonds. The summed E-state index contributed by atoms with van der Waals surface area (Å²) in [7, 11) is 1.53. The summed E-state index contributed by atoms with van der Waals surface area (Å²) in [6, 6.07) is 5.80. The number of halogens is 4. The largest absolute Gasteiger partial charge is 0.434 e. The van der Waals surface area contributed by atoms with Crippen LogP contribution in [0.2, 0.25) is 5.02 Å². The summed E-state index contributed by atoms with van der Waals surface area (Å²) in [6.07, 6.45) is -3.06. The number of nitrogens with zero attached hydrogens (tertiary/aromatic N) is 3. The lowest BCUT2D eigenvalue weighted by atomic mass is 9.95. The zero-order valence-electron chi connectivity index (χ0n) is 15.0. The molecule has 150 valence electrons. The third-order valence-electron chi connectivity index (χ3n) is 4.72. The molecule has 3 rings (SSSR count). The van der Waals surface area contributed by atoms with Crippen LogP contribution < -0.4 is 5.32 Å². The third kappa shape index (κ3) is 3.99. The van der Waals surface area contributed by atoms with E-state index in [2.05, 4.69) is 10.4 Å². The average Bonchev–Trinajstić information content (AvgIpc) is 3.12. The van der Waals surface area contributed by atoms with Crippen LogP contribution in [0.25, 0.3) is 5.69 Å². The number of benzene rings is 1. The predicted molar refractivity (Wildman–Crippen MR) is 96.3 cm³/mol.